The number of allylic oxidation sites excluding steroid dienone is 1. The molecule has 212 valence electrons. The second-order valence-corrected chi connectivity index (χ2v) is 11.2. The average Bonchev–Trinajstić information content (AvgIpc) is 3.51. The molecule has 0 fully saturated rings. The molecule has 9 rings (SSSR count). The Hall–Kier alpha value is -5.87. The van der Waals surface area contributed by atoms with Gasteiger partial charge in [0.1, 0.15) is 11.3 Å². The Balaban J connectivity index is 1.24. The monoisotopic (exact) mass is 581 g/mol. The first-order valence-corrected chi connectivity index (χ1v) is 14.9. The number of hydrogen-bond acceptors (Lipinski definition) is 4. The quantitative estimate of drug-likeness (QED) is 0.207. The summed E-state index contributed by atoms with van der Waals surface area (Å²) in [6.45, 7) is 0. The van der Waals surface area contributed by atoms with Crippen LogP contribution in [0, 0.1) is 0 Å². The van der Waals surface area contributed by atoms with Crippen molar-refractivity contribution in [3.63, 3.8) is 0 Å². The molecule has 4 heteroatoms. The van der Waals surface area contributed by atoms with Gasteiger partial charge in [0.15, 0.2) is 17.5 Å². The molecule has 0 amide bonds. The summed E-state index contributed by atoms with van der Waals surface area (Å²) in [5.41, 5.74) is 4.93. The minimum atomic E-state index is -0.774. The Morgan fingerprint density at radius 3 is 1.93 bits per heavy atom. The van der Waals surface area contributed by atoms with Crippen molar-refractivity contribution in [2.75, 3.05) is 0 Å². The highest BCUT2D eigenvalue weighted by Crippen LogP contribution is 2.38. The van der Waals surface area contributed by atoms with Crippen LogP contribution in [0.3, 0.4) is 0 Å². The van der Waals surface area contributed by atoms with Crippen molar-refractivity contribution in [3.8, 4) is 45.3 Å². The van der Waals surface area contributed by atoms with E-state index in [-0.39, 0.29) is 29.9 Å². The van der Waals surface area contributed by atoms with Gasteiger partial charge in [-0.15, -0.1) is 0 Å². The molecule has 6 aromatic carbocycles. The molecule has 8 aromatic rings. The molecule has 1 aliphatic carbocycles. The van der Waals surface area contributed by atoms with Gasteiger partial charge in [-0.25, -0.2) is 15.0 Å². The summed E-state index contributed by atoms with van der Waals surface area (Å²) in [5.74, 6) is 1.53. The fourth-order valence-electron chi connectivity index (χ4n) is 6.10. The summed E-state index contributed by atoms with van der Waals surface area (Å²) in [5, 5.41) is 4.98. The number of nitrogens with zero attached hydrogens (tertiary/aromatic N) is 3. The van der Waals surface area contributed by atoms with Crippen LogP contribution in [0.4, 0.5) is 0 Å². The van der Waals surface area contributed by atoms with E-state index in [0.717, 1.165) is 33.0 Å². The van der Waals surface area contributed by atoms with Gasteiger partial charge in [-0.2, -0.15) is 0 Å². The summed E-state index contributed by atoms with van der Waals surface area (Å²) >= 11 is 0. The second kappa shape index (κ2) is 10.4. The Kier molecular flexibility index (Phi) is 5.02. The molecule has 4 nitrogen and oxygen atoms in total. The lowest BCUT2D eigenvalue weighted by Gasteiger charge is -2.11. The Bertz CT molecular complexity index is 2650. The lowest BCUT2D eigenvalue weighted by atomic mass is 9.98. The van der Waals surface area contributed by atoms with Crippen molar-refractivity contribution >= 4 is 38.6 Å². The van der Waals surface area contributed by atoms with Gasteiger partial charge in [0.05, 0.1) is 4.11 Å². The molecule has 0 radical (unpaired) electrons. The van der Waals surface area contributed by atoms with E-state index < -0.39 is 6.40 Å². The number of furan rings is 1. The number of aromatic nitrogens is 3. The number of benzene rings is 6. The molecule has 1 atom stereocenters. The van der Waals surface area contributed by atoms with Crippen LogP contribution in [-0.2, 0) is 6.40 Å². The van der Waals surface area contributed by atoms with Gasteiger partial charge in [-0.1, -0.05) is 121 Å². The third kappa shape index (κ3) is 4.50. The summed E-state index contributed by atoms with van der Waals surface area (Å²) < 4.78 is 40.7. The Labute approximate surface area is 266 Å². The normalized spacial score (nSPS) is 15.7. The van der Waals surface area contributed by atoms with Crippen molar-refractivity contribution in [2.45, 2.75) is 12.8 Å². The zero-order valence-corrected chi connectivity index (χ0v) is 24.1. The largest absolute Gasteiger partial charge is 0.460 e. The van der Waals surface area contributed by atoms with Crippen molar-refractivity contribution in [2.24, 2.45) is 0 Å². The zero-order chi connectivity index (χ0) is 33.2. The molecule has 0 N–H and O–H groups in total. The molecule has 45 heavy (non-hydrogen) atoms. The first-order chi connectivity index (χ1) is 23.9. The fourth-order valence-corrected chi connectivity index (χ4v) is 6.10. The van der Waals surface area contributed by atoms with Crippen LogP contribution in [-0.4, -0.2) is 15.0 Å². The molecule has 0 saturated heterocycles. The molecule has 2 heterocycles. The molecule has 1 unspecified atom stereocenters. The van der Waals surface area contributed by atoms with Crippen LogP contribution in [0.5, 0.6) is 0 Å². The lowest BCUT2D eigenvalue weighted by molar-refractivity contribution is 0.546. The number of hydrogen-bond donors (Lipinski definition) is 0. The van der Waals surface area contributed by atoms with Gasteiger partial charge in [-0.05, 0) is 57.3 Å². The third-order valence-electron chi connectivity index (χ3n) is 8.39. The zero-order valence-electron chi connectivity index (χ0n) is 28.1. The number of rotatable bonds is 4. The van der Waals surface area contributed by atoms with Gasteiger partial charge < -0.3 is 4.42 Å². The summed E-state index contributed by atoms with van der Waals surface area (Å²) in [6.07, 6.45) is 1.12. The highest BCUT2D eigenvalue weighted by Gasteiger charge is 2.21. The fraction of sp³-hybridized carbons (Fsp3) is 0.0488. The molecular formula is C41H27N3O. The SMILES string of the molecule is [2H]C1=Cc2c(oc3c([2H])cc([2H])c(-c4nc(-c5ccc(-c6ccc7ccccc7c6)cc5)nc(-c5ccc6ccccc6c5)n4)c23)C([2H])C1. The van der Waals surface area contributed by atoms with Crippen molar-refractivity contribution < 1.29 is 9.90 Å². The molecule has 0 saturated carbocycles. The standard InChI is InChI=1S/C41H27N3O/c1-3-10-30-24-32(22-18-26(30)8-1)28-16-20-29(21-17-28)39-42-40(33-23-19-27-9-2-4-11-31(27)25-33)44-41(43-39)35-13-7-15-37-38(35)34-12-5-6-14-36(34)45-37/h1-5,7-13,15-25H,6,14H2/i5D,13D,14D,15D. The lowest BCUT2D eigenvalue weighted by Crippen LogP contribution is -2.01. The number of aryl methyl sites for hydroxylation is 1. The van der Waals surface area contributed by atoms with Crippen molar-refractivity contribution in [1.82, 2.24) is 15.0 Å². The topological polar surface area (TPSA) is 51.8 Å². The first kappa shape index (κ1) is 21.8. The van der Waals surface area contributed by atoms with Gasteiger partial charge in [0, 0.05) is 35.4 Å². The maximum atomic E-state index is 9.05. The average molecular weight is 582 g/mol. The van der Waals surface area contributed by atoms with Gasteiger partial charge in [-0.3, -0.25) is 0 Å². The van der Waals surface area contributed by atoms with Crippen LogP contribution < -0.4 is 0 Å². The van der Waals surface area contributed by atoms with E-state index in [2.05, 4.69) is 48.5 Å². The van der Waals surface area contributed by atoms with Gasteiger partial charge >= 0.3 is 0 Å². The van der Waals surface area contributed by atoms with E-state index in [1.807, 2.05) is 60.7 Å². The first-order valence-electron chi connectivity index (χ1n) is 17.0. The smallest absolute Gasteiger partial charge is 0.164 e. The molecule has 0 aliphatic heterocycles. The predicted octanol–water partition coefficient (Wildman–Crippen LogP) is 10.6. The minimum absolute atomic E-state index is 0.0404. The van der Waals surface area contributed by atoms with Crippen molar-refractivity contribution in [1.29, 1.82) is 0 Å². The second-order valence-electron chi connectivity index (χ2n) is 11.2. The van der Waals surface area contributed by atoms with Crippen LogP contribution in [0.1, 0.15) is 23.2 Å². The minimum Gasteiger partial charge on any atom is -0.460 e. The van der Waals surface area contributed by atoms with Crippen LogP contribution in [0.2, 0.25) is 0 Å². The third-order valence-corrected chi connectivity index (χ3v) is 8.39. The predicted molar refractivity (Wildman–Crippen MR) is 184 cm³/mol. The molecule has 2 aromatic heterocycles. The number of fused-ring (bicyclic) bond motifs is 5. The summed E-state index contributed by atoms with van der Waals surface area (Å²) in [6, 6.07) is 38.8. The van der Waals surface area contributed by atoms with Gasteiger partial charge in [0.2, 0.25) is 0 Å². The highest BCUT2D eigenvalue weighted by molar-refractivity contribution is 6.00. The van der Waals surface area contributed by atoms with E-state index in [0.29, 0.717) is 40.0 Å². The van der Waals surface area contributed by atoms with E-state index >= 15 is 0 Å². The maximum Gasteiger partial charge on any atom is 0.164 e. The molecule has 0 bridgehead atoms. The highest BCUT2D eigenvalue weighted by atomic mass is 16.3. The summed E-state index contributed by atoms with van der Waals surface area (Å²) in [4.78, 5) is 14.9. The van der Waals surface area contributed by atoms with E-state index in [4.69, 9.17) is 24.9 Å². The van der Waals surface area contributed by atoms with Crippen molar-refractivity contribution in [3.05, 3.63) is 145 Å². The van der Waals surface area contributed by atoms with E-state index in [1.54, 1.807) is 6.08 Å². The maximum absolute atomic E-state index is 9.05. The van der Waals surface area contributed by atoms with Crippen LogP contribution in [0.15, 0.2) is 138 Å². The molecular weight excluding hydrogens is 550 g/mol. The van der Waals surface area contributed by atoms with E-state index in [9.17, 15) is 0 Å². The van der Waals surface area contributed by atoms with Gasteiger partial charge in [0.25, 0.3) is 0 Å². The molecule has 0 spiro atoms. The summed E-state index contributed by atoms with van der Waals surface area (Å²) in [7, 11) is 0. The van der Waals surface area contributed by atoms with Crippen LogP contribution >= 0.6 is 0 Å². The Morgan fingerprint density at radius 2 is 1.18 bits per heavy atom. The van der Waals surface area contributed by atoms with E-state index in [1.165, 1.54) is 16.8 Å². The molecule has 1 aliphatic rings. The Morgan fingerprint density at radius 1 is 0.578 bits per heavy atom. The van der Waals surface area contributed by atoms with Crippen LogP contribution in [0.25, 0.3) is 83.9 Å².